The van der Waals surface area contributed by atoms with Crippen molar-refractivity contribution >= 4 is 33.2 Å². The van der Waals surface area contributed by atoms with E-state index in [0.29, 0.717) is 17.2 Å². The number of benzene rings is 2. The molecule has 0 saturated carbocycles. The van der Waals surface area contributed by atoms with Gasteiger partial charge in [-0.2, -0.15) is 0 Å². The Hall–Kier alpha value is -2.65. The molecule has 2 aromatic rings. The quantitative estimate of drug-likeness (QED) is 0.603. The van der Waals surface area contributed by atoms with Crippen LogP contribution in [0.5, 0.6) is 17.2 Å². The highest BCUT2D eigenvalue weighted by Gasteiger charge is 2.30. The van der Waals surface area contributed by atoms with Crippen molar-refractivity contribution in [2.75, 3.05) is 31.9 Å². The highest BCUT2D eigenvalue weighted by molar-refractivity contribution is 7.92. The molecule has 31 heavy (non-hydrogen) atoms. The summed E-state index contributed by atoms with van der Waals surface area (Å²) in [6.45, 7) is 3.30. The fourth-order valence-corrected chi connectivity index (χ4v) is 4.56. The molecule has 2 atom stereocenters. The molecule has 170 valence electrons. The van der Waals surface area contributed by atoms with Crippen LogP contribution in [0.1, 0.15) is 25.5 Å². The molecule has 10 heteroatoms. The maximum atomic E-state index is 12.9. The third-order valence-electron chi connectivity index (χ3n) is 4.74. The number of sulfonamides is 1. The molecular formula is C21H27ClN2O6S. The molecule has 0 aliphatic carbocycles. The zero-order chi connectivity index (χ0) is 23.3. The lowest BCUT2D eigenvalue weighted by atomic mass is 10.1. The van der Waals surface area contributed by atoms with Crippen molar-refractivity contribution < 1.29 is 27.4 Å². The highest BCUT2D eigenvalue weighted by atomic mass is 35.5. The van der Waals surface area contributed by atoms with E-state index in [0.717, 1.165) is 16.1 Å². The summed E-state index contributed by atoms with van der Waals surface area (Å²) in [5.74, 6) is 1.02. The van der Waals surface area contributed by atoms with Crippen molar-refractivity contribution in [3.05, 3.63) is 47.0 Å². The maximum Gasteiger partial charge on any atom is 0.244 e. The van der Waals surface area contributed by atoms with Crippen molar-refractivity contribution in [2.24, 2.45) is 0 Å². The zero-order valence-corrected chi connectivity index (χ0v) is 19.9. The van der Waals surface area contributed by atoms with E-state index in [-0.39, 0.29) is 10.7 Å². The number of rotatable bonds is 9. The second-order valence-electron chi connectivity index (χ2n) is 6.90. The Balaban J connectivity index is 2.28. The molecule has 0 aromatic heterocycles. The fourth-order valence-electron chi connectivity index (χ4n) is 3.14. The predicted octanol–water partition coefficient (Wildman–Crippen LogP) is 3.40. The van der Waals surface area contributed by atoms with E-state index in [4.69, 9.17) is 25.8 Å². The summed E-state index contributed by atoms with van der Waals surface area (Å²) in [4.78, 5) is 12.9. The van der Waals surface area contributed by atoms with Gasteiger partial charge in [0, 0.05) is 0 Å². The number of halogens is 1. The molecule has 0 bridgehead atoms. The molecule has 2 unspecified atom stereocenters. The summed E-state index contributed by atoms with van der Waals surface area (Å²) < 4.78 is 41.7. The lowest BCUT2D eigenvalue weighted by Crippen LogP contribution is -2.48. The Morgan fingerprint density at radius 3 is 2.06 bits per heavy atom. The molecule has 8 nitrogen and oxygen atoms in total. The SMILES string of the molecule is COc1ccc(N(C(C)C(=O)NC(C)c2ccc(OC)c(OC)c2)S(C)(=O)=O)cc1Cl. The number of carbonyl (C=O) groups is 1. The Morgan fingerprint density at radius 1 is 0.968 bits per heavy atom. The Morgan fingerprint density at radius 2 is 1.55 bits per heavy atom. The van der Waals surface area contributed by atoms with E-state index in [1.165, 1.54) is 40.4 Å². The molecule has 2 rings (SSSR count). The first-order valence-corrected chi connectivity index (χ1v) is 11.6. The van der Waals surface area contributed by atoms with Gasteiger partial charge in [-0.1, -0.05) is 17.7 Å². The number of hydrogen-bond donors (Lipinski definition) is 1. The van der Waals surface area contributed by atoms with E-state index in [2.05, 4.69) is 5.32 Å². The minimum atomic E-state index is -3.78. The van der Waals surface area contributed by atoms with Crippen molar-refractivity contribution in [1.29, 1.82) is 0 Å². The minimum Gasteiger partial charge on any atom is -0.495 e. The van der Waals surface area contributed by atoms with Crippen LogP contribution in [0.3, 0.4) is 0 Å². The lowest BCUT2D eigenvalue weighted by molar-refractivity contribution is -0.122. The summed E-state index contributed by atoms with van der Waals surface area (Å²) >= 11 is 6.16. The minimum absolute atomic E-state index is 0.236. The standard InChI is InChI=1S/C21H27ClN2O6S/c1-13(15-7-9-19(29-4)20(11-15)30-5)23-21(25)14(2)24(31(6,26)27)16-8-10-18(28-3)17(22)12-16/h7-14H,1-6H3,(H,23,25). The average Bonchev–Trinajstić information content (AvgIpc) is 2.72. The van der Waals surface area contributed by atoms with Crippen LogP contribution in [0.2, 0.25) is 5.02 Å². The van der Waals surface area contributed by atoms with Crippen molar-refractivity contribution in [3.63, 3.8) is 0 Å². The Bertz CT molecular complexity index is 1040. The van der Waals surface area contributed by atoms with Gasteiger partial charge in [0.15, 0.2) is 11.5 Å². The first-order valence-electron chi connectivity index (χ1n) is 9.38. The number of amides is 1. The van der Waals surface area contributed by atoms with Gasteiger partial charge in [0.05, 0.1) is 44.3 Å². The number of hydrogen-bond acceptors (Lipinski definition) is 6. The van der Waals surface area contributed by atoms with Crippen molar-refractivity contribution in [1.82, 2.24) is 5.32 Å². The Kier molecular flexibility index (Phi) is 8.02. The van der Waals surface area contributed by atoms with Crippen LogP contribution < -0.4 is 23.8 Å². The monoisotopic (exact) mass is 470 g/mol. The average molecular weight is 471 g/mol. The molecule has 0 heterocycles. The van der Waals surface area contributed by atoms with Gasteiger partial charge < -0.3 is 19.5 Å². The van der Waals surface area contributed by atoms with Crippen LogP contribution in [0, 0.1) is 0 Å². The van der Waals surface area contributed by atoms with Crippen molar-refractivity contribution in [3.8, 4) is 17.2 Å². The van der Waals surface area contributed by atoms with Gasteiger partial charge in [-0.25, -0.2) is 8.42 Å². The van der Waals surface area contributed by atoms with Gasteiger partial charge in [-0.15, -0.1) is 0 Å². The van der Waals surface area contributed by atoms with E-state index < -0.39 is 28.0 Å². The second kappa shape index (κ2) is 10.1. The molecule has 0 spiro atoms. The first kappa shape index (κ1) is 24.6. The molecule has 0 saturated heterocycles. The summed E-state index contributed by atoms with van der Waals surface area (Å²) in [5, 5.41) is 3.08. The predicted molar refractivity (Wildman–Crippen MR) is 121 cm³/mol. The normalized spacial score (nSPS) is 13.1. The number of carbonyl (C=O) groups excluding carboxylic acids is 1. The van der Waals surface area contributed by atoms with Gasteiger partial charge >= 0.3 is 0 Å². The Labute approximate surface area is 188 Å². The number of anilines is 1. The summed E-state index contributed by atoms with van der Waals surface area (Å²) in [6, 6.07) is 8.39. The number of nitrogens with zero attached hydrogens (tertiary/aromatic N) is 1. The van der Waals surface area contributed by atoms with E-state index in [1.54, 1.807) is 31.2 Å². The number of methoxy groups -OCH3 is 3. The highest BCUT2D eigenvalue weighted by Crippen LogP contribution is 2.32. The molecule has 0 fully saturated rings. The lowest BCUT2D eigenvalue weighted by Gasteiger charge is -2.29. The first-order chi connectivity index (χ1) is 14.5. The smallest absolute Gasteiger partial charge is 0.244 e. The summed E-state index contributed by atoms with van der Waals surface area (Å²) in [7, 11) is 0.739. The van der Waals surface area contributed by atoms with Crippen LogP contribution in [0.25, 0.3) is 0 Å². The van der Waals surface area contributed by atoms with Crippen LogP contribution in [-0.2, 0) is 14.8 Å². The summed E-state index contributed by atoms with van der Waals surface area (Å²) in [5.41, 5.74) is 1.03. The molecule has 0 radical (unpaired) electrons. The topological polar surface area (TPSA) is 94.2 Å². The third-order valence-corrected chi connectivity index (χ3v) is 6.28. The number of ether oxygens (including phenoxy) is 3. The summed E-state index contributed by atoms with van der Waals surface area (Å²) in [6.07, 6.45) is 1.03. The largest absolute Gasteiger partial charge is 0.495 e. The van der Waals surface area contributed by atoms with Crippen LogP contribution in [-0.4, -0.2) is 48.0 Å². The molecule has 2 aromatic carbocycles. The van der Waals surface area contributed by atoms with Gasteiger partial charge in [0.2, 0.25) is 15.9 Å². The van der Waals surface area contributed by atoms with E-state index in [1.807, 2.05) is 0 Å². The van der Waals surface area contributed by atoms with E-state index >= 15 is 0 Å². The third kappa shape index (κ3) is 5.74. The fraction of sp³-hybridized carbons (Fsp3) is 0.381. The van der Waals surface area contributed by atoms with Gasteiger partial charge in [0.1, 0.15) is 11.8 Å². The van der Waals surface area contributed by atoms with Crippen LogP contribution in [0.15, 0.2) is 36.4 Å². The van der Waals surface area contributed by atoms with Crippen LogP contribution >= 0.6 is 11.6 Å². The molecule has 0 aliphatic heterocycles. The van der Waals surface area contributed by atoms with Crippen LogP contribution in [0.4, 0.5) is 5.69 Å². The van der Waals surface area contributed by atoms with Gasteiger partial charge in [-0.3, -0.25) is 9.10 Å². The van der Waals surface area contributed by atoms with Crippen molar-refractivity contribution in [2.45, 2.75) is 25.9 Å². The second-order valence-corrected chi connectivity index (χ2v) is 9.16. The molecule has 0 aliphatic rings. The van der Waals surface area contributed by atoms with Gasteiger partial charge in [0.25, 0.3) is 0 Å². The molecule has 1 amide bonds. The van der Waals surface area contributed by atoms with Gasteiger partial charge in [-0.05, 0) is 49.7 Å². The molecular weight excluding hydrogens is 444 g/mol. The maximum absolute atomic E-state index is 12.9. The number of nitrogens with one attached hydrogen (secondary N) is 1. The van der Waals surface area contributed by atoms with E-state index in [9.17, 15) is 13.2 Å². The zero-order valence-electron chi connectivity index (χ0n) is 18.3. The molecule has 1 N–H and O–H groups in total.